The van der Waals surface area contributed by atoms with Gasteiger partial charge in [-0.2, -0.15) is 0 Å². The molecular weight excluding hydrogens is 230 g/mol. The van der Waals surface area contributed by atoms with E-state index in [4.69, 9.17) is 4.74 Å². The number of hydrogen-bond donors (Lipinski definition) is 1. The van der Waals surface area contributed by atoms with Gasteiger partial charge in [0.25, 0.3) is 0 Å². The Morgan fingerprint density at radius 1 is 1.39 bits per heavy atom. The number of benzene rings is 1. The van der Waals surface area contributed by atoms with Crippen molar-refractivity contribution < 1.29 is 9.84 Å². The molecule has 0 fully saturated rings. The van der Waals surface area contributed by atoms with Crippen LogP contribution >= 0.6 is 0 Å². The summed E-state index contributed by atoms with van der Waals surface area (Å²) in [5.41, 5.74) is 1.37. The molecule has 0 aliphatic carbocycles. The van der Waals surface area contributed by atoms with E-state index in [0.29, 0.717) is 25.3 Å². The van der Waals surface area contributed by atoms with Crippen molar-refractivity contribution >= 4 is 11.0 Å². The van der Waals surface area contributed by atoms with E-state index in [0.717, 1.165) is 5.52 Å². The number of aromatic nitrogens is 3. The average Bonchev–Trinajstić information content (AvgIpc) is 2.71. The minimum absolute atomic E-state index is 0.0257. The number of phenols is 1. The molecule has 0 unspecified atom stereocenters. The van der Waals surface area contributed by atoms with Crippen molar-refractivity contribution in [1.82, 2.24) is 15.0 Å². The van der Waals surface area contributed by atoms with Gasteiger partial charge in [-0.15, -0.1) is 5.10 Å². The van der Waals surface area contributed by atoms with Crippen molar-refractivity contribution in [2.45, 2.75) is 27.3 Å². The van der Waals surface area contributed by atoms with E-state index < -0.39 is 0 Å². The monoisotopic (exact) mass is 249 g/mol. The molecule has 0 aliphatic rings. The van der Waals surface area contributed by atoms with Crippen molar-refractivity contribution in [2.24, 2.45) is 5.41 Å². The maximum absolute atomic E-state index is 9.68. The molecule has 1 aromatic carbocycles. The van der Waals surface area contributed by atoms with E-state index in [-0.39, 0.29) is 11.2 Å². The molecule has 5 nitrogen and oxygen atoms in total. The molecule has 1 aromatic heterocycles. The van der Waals surface area contributed by atoms with Crippen molar-refractivity contribution in [3.05, 3.63) is 18.2 Å². The Kier molecular flexibility index (Phi) is 3.52. The number of fused-ring (bicyclic) bond motifs is 1. The highest BCUT2D eigenvalue weighted by Gasteiger charge is 2.21. The van der Waals surface area contributed by atoms with Gasteiger partial charge >= 0.3 is 0 Å². The van der Waals surface area contributed by atoms with Crippen LogP contribution in [0.3, 0.4) is 0 Å². The minimum atomic E-state index is -0.0257. The third-order valence-corrected chi connectivity index (χ3v) is 2.80. The first-order valence-electron chi connectivity index (χ1n) is 6.12. The van der Waals surface area contributed by atoms with Crippen LogP contribution in [-0.2, 0) is 11.3 Å². The van der Waals surface area contributed by atoms with Crippen LogP contribution in [0.25, 0.3) is 11.0 Å². The summed E-state index contributed by atoms with van der Waals surface area (Å²) in [6.45, 7) is 8.32. The normalized spacial score (nSPS) is 12.2. The zero-order valence-corrected chi connectivity index (χ0v) is 11.1. The molecule has 2 aromatic rings. The second kappa shape index (κ2) is 4.94. The second-order valence-electron chi connectivity index (χ2n) is 5.19. The lowest BCUT2D eigenvalue weighted by molar-refractivity contribution is 0.0594. The van der Waals surface area contributed by atoms with E-state index >= 15 is 0 Å². The first-order chi connectivity index (χ1) is 8.53. The summed E-state index contributed by atoms with van der Waals surface area (Å²) in [6.07, 6.45) is 0. The summed E-state index contributed by atoms with van der Waals surface area (Å²) in [7, 11) is 0. The molecule has 98 valence electrons. The highest BCUT2D eigenvalue weighted by molar-refractivity contribution is 5.80. The predicted molar refractivity (Wildman–Crippen MR) is 69.5 cm³/mol. The molecule has 1 heterocycles. The summed E-state index contributed by atoms with van der Waals surface area (Å²) in [5, 5.41) is 17.8. The molecular formula is C13H19N3O2. The smallest absolute Gasteiger partial charge is 0.154 e. The van der Waals surface area contributed by atoms with Crippen LogP contribution in [0, 0.1) is 5.41 Å². The van der Waals surface area contributed by atoms with Gasteiger partial charge in [0.1, 0.15) is 5.75 Å². The number of nitrogens with zero attached hydrogens (tertiary/aromatic N) is 3. The number of phenolic OH excluding ortho intramolecular Hbond substituents is 1. The molecule has 1 N–H and O–H groups in total. The van der Waals surface area contributed by atoms with Gasteiger partial charge in [-0.3, -0.25) is 0 Å². The van der Waals surface area contributed by atoms with Gasteiger partial charge in [0, 0.05) is 12.0 Å². The molecule has 0 amide bonds. The first kappa shape index (κ1) is 12.8. The zero-order chi connectivity index (χ0) is 13.2. The summed E-state index contributed by atoms with van der Waals surface area (Å²) in [4.78, 5) is 0. The molecule has 2 rings (SSSR count). The number of aromatic hydroxyl groups is 1. The largest absolute Gasteiger partial charge is 0.506 e. The van der Waals surface area contributed by atoms with Crippen LogP contribution in [0.1, 0.15) is 20.8 Å². The standard InChI is InChI=1S/C13H19N3O2/c1-4-18-9-13(2,3)8-16-10-6-5-7-11(17)12(10)14-15-16/h5-7,17H,4,8-9H2,1-3H3. The lowest BCUT2D eigenvalue weighted by Crippen LogP contribution is -2.26. The van der Waals surface area contributed by atoms with Gasteiger partial charge < -0.3 is 9.84 Å². The van der Waals surface area contributed by atoms with Gasteiger partial charge in [0.15, 0.2) is 5.52 Å². The van der Waals surface area contributed by atoms with Gasteiger partial charge in [-0.1, -0.05) is 25.1 Å². The number of rotatable bonds is 5. The Labute approximate surface area is 106 Å². The molecule has 0 saturated heterocycles. The Morgan fingerprint density at radius 2 is 2.17 bits per heavy atom. The molecule has 0 saturated carbocycles. The van der Waals surface area contributed by atoms with Crippen molar-refractivity contribution in [2.75, 3.05) is 13.2 Å². The van der Waals surface area contributed by atoms with Crippen molar-refractivity contribution in [3.63, 3.8) is 0 Å². The van der Waals surface area contributed by atoms with E-state index in [2.05, 4.69) is 24.2 Å². The average molecular weight is 249 g/mol. The third-order valence-electron chi connectivity index (χ3n) is 2.80. The highest BCUT2D eigenvalue weighted by atomic mass is 16.5. The predicted octanol–water partition coefficient (Wildman–Crippen LogP) is 2.20. The van der Waals surface area contributed by atoms with Gasteiger partial charge in [-0.05, 0) is 19.1 Å². The van der Waals surface area contributed by atoms with E-state index in [9.17, 15) is 5.11 Å². The molecule has 0 spiro atoms. The summed E-state index contributed by atoms with van der Waals surface area (Å²) < 4.78 is 7.29. The Morgan fingerprint density at radius 3 is 2.89 bits per heavy atom. The SMILES string of the molecule is CCOCC(C)(C)Cn1nnc2c(O)cccc21. The quantitative estimate of drug-likeness (QED) is 0.882. The van der Waals surface area contributed by atoms with Crippen molar-refractivity contribution in [3.8, 4) is 5.75 Å². The minimum Gasteiger partial charge on any atom is -0.506 e. The Hall–Kier alpha value is -1.62. The van der Waals surface area contributed by atoms with Gasteiger partial charge in [0.05, 0.1) is 18.7 Å². The fourth-order valence-electron chi connectivity index (χ4n) is 1.92. The van der Waals surface area contributed by atoms with Crippen LogP contribution in [0.5, 0.6) is 5.75 Å². The van der Waals surface area contributed by atoms with E-state index in [1.807, 2.05) is 17.7 Å². The topological polar surface area (TPSA) is 60.2 Å². The molecule has 18 heavy (non-hydrogen) atoms. The summed E-state index contributed by atoms with van der Waals surface area (Å²) in [5.74, 6) is 0.168. The zero-order valence-electron chi connectivity index (χ0n) is 11.1. The highest BCUT2D eigenvalue weighted by Crippen LogP contribution is 2.25. The van der Waals surface area contributed by atoms with Crippen molar-refractivity contribution in [1.29, 1.82) is 0 Å². The van der Waals surface area contributed by atoms with Crippen LogP contribution < -0.4 is 0 Å². The fraction of sp³-hybridized carbons (Fsp3) is 0.538. The second-order valence-corrected chi connectivity index (χ2v) is 5.19. The van der Waals surface area contributed by atoms with Gasteiger partial charge in [0.2, 0.25) is 0 Å². The van der Waals surface area contributed by atoms with Crippen LogP contribution in [-0.4, -0.2) is 33.3 Å². The van der Waals surface area contributed by atoms with E-state index in [1.54, 1.807) is 12.1 Å². The first-order valence-corrected chi connectivity index (χ1v) is 6.12. The van der Waals surface area contributed by atoms with Crippen LogP contribution in [0.2, 0.25) is 0 Å². The summed E-state index contributed by atoms with van der Waals surface area (Å²) in [6, 6.07) is 5.32. The lowest BCUT2D eigenvalue weighted by Gasteiger charge is -2.23. The Bertz CT molecular complexity index is 534. The maximum Gasteiger partial charge on any atom is 0.154 e. The lowest BCUT2D eigenvalue weighted by atomic mass is 9.95. The summed E-state index contributed by atoms with van der Waals surface area (Å²) >= 11 is 0. The molecule has 0 bridgehead atoms. The van der Waals surface area contributed by atoms with E-state index in [1.165, 1.54) is 0 Å². The molecule has 5 heteroatoms. The molecule has 0 radical (unpaired) electrons. The van der Waals surface area contributed by atoms with Gasteiger partial charge in [-0.25, -0.2) is 4.68 Å². The van der Waals surface area contributed by atoms with Crippen LogP contribution in [0.4, 0.5) is 0 Å². The fourth-order valence-corrected chi connectivity index (χ4v) is 1.92. The molecule has 0 aliphatic heterocycles. The maximum atomic E-state index is 9.68. The Balaban J connectivity index is 2.24. The molecule has 0 atom stereocenters. The number of ether oxygens (including phenoxy) is 1. The number of hydrogen-bond acceptors (Lipinski definition) is 4. The third kappa shape index (κ3) is 2.61. The van der Waals surface area contributed by atoms with Crippen LogP contribution in [0.15, 0.2) is 18.2 Å².